The molecule has 2 aromatic rings. The van der Waals surface area contributed by atoms with Gasteiger partial charge in [-0.2, -0.15) is 0 Å². The molecule has 2 aliphatic carbocycles. The summed E-state index contributed by atoms with van der Waals surface area (Å²) >= 11 is 0. The van der Waals surface area contributed by atoms with Crippen LogP contribution in [0.15, 0.2) is 30.5 Å². The molecular formula is C24H31FN2O. The fourth-order valence-electron chi connectivity index (χ4n) is 5.22. The van der Waals surface area contributed by atoms with Gasteiger partial charge in [0.15, 0.2) is 0 Å². The van der Waals surface area contributed by atoms with Crippen molar-refractivity contribution in [3.05, 3.63) is 41.8 Å². The van der Waals surface area contributed by atoms with E-state index in [0.717, 1.165) is 49.4 Å². The highest BCUT2D eigenvalue weighted by Gasteiger charge is 2.31. The molecule has 0 bridgehead atoms. The molecule has 0 aliphatic heterocycles. The second kappa shape index (κ2) is 8.59. The van der Waals surface area contributed by atoms with Gasteiger partial charge in [-0.15, -0.1) is 0 Å². The molecule has 0 saturated heterocycles. The van der Waals surface area contributed by atoms with Gasteiger partial charge >= 0.3 is 0 Å². The predicted molar refractivity (Wildman–Crippen MR) is 111 cm³/mol. The first-order chi connectivity index (χ1) is 13.6. The van der Waals surface area contributed by atoms with Crippen molar-refractivity contribution in [2.75, 3.05) is 0 Å². The van der Waals surface area contributed by atoms with Gasteiger partial charge in [-0.25, -0.2) is 4.39 Å². The Morgan fingerprint density at radius 2 is 1.82 bits per heavy atom. The van der Waals surface area contributed by atoms with Crippen LogP contribution < -0.4 is 5.32 Å². The average molecular weight is 383 g/mol. The number of hydrogen-bond donors (Lipinski definition) is 1. The third-order valence-corrected chi connectivity index (χ3v) is 7.02. The van der Waals surface area contributed by atoms with Crippen LogP contribution in [0.5, 0.6) is 0 Å². The number of rotatable bonds is 4. The number of nitrogens with zero attached hydrogens (tertiary/aromatic N) is 1. The van der Waals surface area contributed by atoms with Gasteiger partial charge in [0.25, 0.3) is 0 Å². The van der Waals surface area contributed by atoms with E-state index in [1.54, 1.807) is 12.1 Å². The Kier molecular flexibility index (Phi) is 5.93. The van der Waals surface area contributed by atoms with E-state index < -0.39 is 0 Å². The largest absolute Gasteiger partial charge is 0.353 e. The Labute approximate surface area is 167 Å². The molecular weight excluding hydrogens is 351 g/mol. The van der Waals surface area contributed by atoms with Crippen molar-refractivity contribution in [3.8, 4) is 0 Å². The molecule has 4 rings (SSSR count). The molecule has 1 aromatic carbocycles. The van der Waals surface area contributed by atoms with Gasteiger partial charge in [0, 0.05) is 23.5 Å². The zero-order valence-corrected chi connectivity index (χ0v) is 16.8. The lowest BCUT2D eigenvalue weighted by molar-refractivity contribution is -0.127. The number of fused-ring (bicyclic) bond motifs is 1. The Morgan fingerprint density at radius 3 is 2.57 bits per heavy atom. The summed E-state index contributed by atoms with van der Waals surface area (Å²) in [5.74, 6) is 0.992. The highest BCUT2D eigenvalue weighted by Crippen LogP contribution is 2.40. The van der Waals surface area contributed by atoms with Crippen molar-refractivity contribution in [2.24, 2.45) is 11.8 Å². The normalized spacial score (nSPS) is 24.8. The Hall–Kier alpha value is -1.97. The number of carbonyl (C=O) groups excluding carboxylic acids is 1. The molecule has 4 heteroatoms. The maximum Gasteiger partial charge on any atom is 0.223 e. The molecule has 3 nitrogen and oxygen atoms in total. The molecule has 2 aliphatic rings. The maximum absolute atomic E-state index is 13.8. The van der Waals surface area contributed by atoms with Crippen molar-refractivity contribution in [3.63, 3.8) is 0 Å². The summed E-state index contributed by atoms with van der Waals surface area (Å²) in [5, 5.41) is 4.24. The molecule has 2 saturated carbocycles. The first-order valence-electron chi connectivity index (χ1n) is 11.0. The monoisotopic (exact) mass is 382 g/mol. The number of carbonyl (C=O) groups is 1. The lowest BCUT2D eigenvalue weighted by Crippen LogP contribution is -2.41. The van der Waals surface area contributed by atoms with E-state index in [1.165, 1.54) is 30.9 Å². The standard InChI is InChI=1S/C24H31FN2O/c1-16(24(28)27-20-5-3-2-4-6-20)17-7-9-18(10-8-17)21-13-14-26-23-12-11-19(25)15-22(21)23/h11-18,20H,2-10H2,1H3,(H,27,28)/t16-,17-,18+/m1/s1. The fourth-order valence-corrected chi connectivity index (χ4v) is 5.22. The molecule has 1 atom stereocenters. The molecule has 1 aromatic heterocycles. The number of amides is 1. The highest BCUT2D eigenvalue weighted by atomic mass is 19.1. The van der Waals surface area contributed by atoms with Crippen LogP contribution in [-0.2, 0) is 4.79 Å². The minimum atomic E-state index is -0.205. The van der Waals surface area contributed by atoms with Gasteiger partial charge < -0.3 is 5.32 Å². The van der Waals surface area contributed by atoms with Crippen molar-refractivity contribution < 1.29 is 9.18 Å². The summed E-state index contributed by atoms with van der Waals surface area (Å²) in [6.07, 6.45) is 12.1. The molecule has 1 N–H and O–H groups in total. The molecule has 1 heterocycles. The molecule has 150 valence electrons. The van der Waals surface area contributed by atoms with Gasteiger partial charge in [-0.3, -0.25) is 9.78 Å². The van der Waals surface area contributed by atoms with Crippen LogP contribution in [-0.4, -0.2) is 16.9 Å². The Bertz CT molecular complexity index is 822. The zero-order chi connectivity index (χ0) is 19.5. The van der Waals surface area contributed by atoms with E-state index in [2.05, 4.69) is 17.2 Å². The summed E-state index contributed by atoms with van der Waals surface area (Å²) < 4.78 is 13.8. The van der Waals surface area contributed by atoms with Crippen LogP contribution in [0.3, 0.4) is 0 Å². The van der Waals surface area contributed by atoms with E-state index in [4.69, 9.17) is 0 Å². The minimum absolute atomic E-state index is 0.0782. The summed E-state index contributed by atoms with van der Waals surface area (Å²) in [7, 11) is 0. The number of pyridine rings is 1. The van der Waals surface area contributed by atoms with Gasteiger partial charge in [-0.05, 0) is 80.2 Å². The van der Waals surface area contributed by atoms with Crippen molar-refractivity contribution >= 4 is 16.8 Å². The fraction of sp³-hybridized carbons (Fsp3) is 0.583. The number of nitrogens with one attached hydrogen (secondary N) is 1. The minimum Gasteiger partial charge on any atom is -0.353 e. The second-order valence-electron chi connectivity index (χ2n) is 8.81. The third-order valence-electron chi connectivity index (χ3n) is 7.02. The first kappa shape index (κ1) is 19.4. The lowest BCUT2D eigenvalue weighted by atomic mass is 9.73. The molecule has 0 radical (unpaired) electrons. The summed E-state index contributed by atoms with van der Waals surface area (Å²) in [5.41, 5.74) is 2.07. The number of halogens is 1. The van der Waals surface area contributed by atoms with Crippen molar-refractivity contribution in [1.29, 1.82) is 0 Å². The van der Waals surface area contributed by atoms with Crippen LogP contribution in [0.4, 0.5) is 4.39 Å². The van der Waals surface area contributed by atoms with E-state index in [0.29, 0.717) is 17.9 Å². The molecule has 28 heavy (non-hydrogen) atoms. The van der Waals surface area contributed by atoms with E-state index in [9.17, 15) is 9.18 Å². The van der Waals surface area contributed by atoms with E-state index >= 15 is 0 Å². The maximum atomic E-state index is 13.8. The van der Waals surface area contributed by atoms with E-state index in [-0.39, 0.29) is 17.6 Å². The van der Waals surface area contributed by atoms with Crippen molar-refractivity contribution in [2.45, 2.75) is 76.7 Å². The smallest absolute Gasteiger partial charge is 0.223 e. The van der Waals surface area contributed by atoms with Gasteiger partial charge in [0.1, 0.15) is 5.82 Å². The number of aromatic nitrogens is 1. The number of benzene rings is 1. The molecule has 0 unspecified atom stereocenters. The Morgan fingerprint density at radius 1 is 1.07 bits per heavy atom. The second-order valence-corrected chi connectivity index (χ2v) is 8.81. The third kappa shape index (κ3) is 4.21. The molecule has 0 spiro atoms. The topological polar surface area (TPSA) is 42.0 Å². The van der Waals surface area contributed by atoms with Crippen LogP contribution >= 0.6 is 0 Å². The summed E-state index contributed by atoms with van der Waals surface area (Å²) in [4.78, 5) is 17.1. The lowest BCUT2D eigenvalue weighted by Gasteiger charge is -2.33. The predicted octanol–water partition coefficient (Wildman–Crippen LogP) is 5.73. The first-order valence-corrected chi connectivity index (χ1v) is 11.0. The SMILES string of the molecule is C[C@@H](C(=O)NC1CCCCC1)[C@H]1CC[C@@H](c2ccnc3ccc(F)cc32)CC1. The quantitative estimate of drug-likeness (QED) is 0.733. The van der Waals surface area contributed by atoms with Crippen LogP contribution in [0, 0.1) is 17.7 Å². The number of hydrogen-bond acceptors (Lipinski definition) is 2. The molecule has 1 amide bonds. The van der Waals surface area contributed by atoms with Crippen LogP contribution in [0.1, 0.15) is 76.2 Å². The zero-order valence-electron chi connectivity index (χ0n) is 16.8. The summed E-state index contributed by atoms with van der Waals surface area (Å²) in [6.45, 7) is 2.10. The summed E-state index contributed by atoms with van der Waals surface area (Å²) in [6, 6.07) is 7.29. The van der Waals surface area contributed by atoms with Gasteiger partial charge in [0.2, 0.25) is 5.91 Å². The van der Waals surface area contributed by atoms with Crippen LogP contribution in [0.2, 0.25) is 0 Å². The van der Waals surface area contributed by atoms with E-state index in [1.807, 2.05) is 12.3 Å². The van der Waals surface area contributed by atoms with Crippen molar-refractivity contribution in [1.82, 2.24) is 10.3 Å². The molecule has 2 fully saturated rings. The van der Waals surface area contributed by atoms with Gasteiger partial charge in [0.05, 0.1) is 5.52 Å². The highest BCUT2D eigenvalue weighted by molar-refractivity contribution is 5.82. The average Bonchev–Trinajstić information content (AvgIpc) is 2.73. The van der Waals surface area contributed by atoms with Gasteiger partial charge in [-0.1, -0.05) is 26.2 Å². The van der Waals surface area contributed by atoms with Crippen LogP contribution in [0.25, 0.3) is 10.9 Å². The Balaban J connectivity index is 1.38.